The Morgan fingerprint density at radius 3 is 2.29 bits per heavy atom. The first-order valence-electron chi connectivity index (χ1n) is 8.51. The minimum atomic E-state index is 0.305. The number of fused-ring (bicyclic) bond motifs is 2. The summed E-state index contributed by atoms with van der Waals surface area (Å²) in [5.41, 5.74) is 3.66. The molecule has 0 bridgehead atoms. The minimum absolute atomic E-state index is 0.305. The lowest BCUT2D eigenvalue weighted by Crippen LogP contribution is -2.46. The van der Waals surface area contributed by atoms with E-state index in [1.807, 2.05) is 0 Å². The third-order valence-corrected chi connectivity index (χ3v) is 4.98. The van der Waals surface area contributed by atoms with Crippen LogP contribution in [0, 0.1) is 0 Å². The molecule has 0 spiro atoms. The van der Waals surface area contributed by atoms with Gasteiger partial charge in [-0.3, -0.25) is 0 Å². The molecular weight excluding hydrogens is 296 g/mol. The maximum Gasteiger partial charge on any atom is 0.107 e. The maximum absolute atomic E-state index is 3.60. The average molecular weight is 316 g/mol. The largest absolute Gasteiger partial charge is 0.357 e. The van der Waals surface area contributed by atoms with Crippen LogP contribution in [0.25, 0.3) is 21.8 Å². The number of aromatic amines is 2. The van der Waals surface area contributed by atoms with Gasteiger partial charge in [-0.15, -0.1) is 0 Å². The molecule has 1 atom stereocenters. The van der Waals surface area contributed by atoms with Crippen LogP contribution in [0.4, 0.5) is 5.82 Å². The standard InChI is InChI=1S/C20H20N4/c1-3-7-16-14(5-1)11-18(22-16)19-13-21-9-10-24(19)20-12-15-6-2-4-8-17(15)23-20/h1-8,11-12,19,21-23H,9-10,13H2. The van der Waals surface area contributed by atoms with E-state index in [2.05, 4.69) is 80.8 Å². The Labute approximate surface area is 140 Å². The molecule has 24 heavy (non-hydrogen) atoms. The molecule has 1 aliphatic heterocycles. The molecule has 0 radical (unpaired) electrons. The molecule has 5 rings (SSSR count). The van der Waals surface area contributed by atoms with Crippen molar-refractivity contribution in [2.24, 2.45) is 0 Å². The summed E-state index contributed by atoms with van der Waals surface area (Å²) in [5, 5.41) is 6.07. The van der Waals surface area contributed by atoms with E-state index in [1.54, 1.807) is 0 Å². The molecule has 4 aromatic rings. The van der Waals surface area contributed by atoms with E-state index in [-0.39, 0.29) is 0 Å². The number of nitrogens with zero attached hydrogens (tertiary/aromatic N) is 1. The lowest BCUT2D eigenvalue weighted by atomic mass is 10.1. The van der Waals surface area contributed by atoms with Gasteiger partial charge in [0.1, 0.15) is 5.82 Å². The Morgan fingerprint density at radius 2 is 1.54 bits per heavy atom. The van der Waals surface area contributed by atoms with E-state index in [0.29, 0.717) is 6.04 Å². The molecule has 0 amide bonds. The molecule has 0 aliphatic carbocycles. The predicted octanol–water partition coefficient (Wildman–Crippen LogP) is 3.80. The van der Waals surface area contributed by atoms with Crippen molar-refractivity contribution >= 4 is 27.6 Å². The summed E-state index contributed by atoms with van der Waals surface area (Å²) in [7, 11) is 0. The van der Waals surface area contributed by atoms with Crippen molar-refractivity contribution in [1.82, 2.24) is 15.3 Å². The van der Waals surface area contributed by atoms with Gasteiger partial charge in [0.15, 0.2) is 0 Å². The zero-order chi connectivity index (χ0) is 15.9. The fourth-order valence-electron chi connectivity index (χ4n) is 3.76. The fraction of sp³-hybridized carbons (Fsp3) is 0.200. The van der Waals surface area contributed by atoms with Gasteiger partial charge in [0.05, 0.1) is 6.04 Å². The van der Waals surface area contributed by atoms with Gasteiger partial charge in [0.25, 0.3) is 0 Å². The van der Waals surface area contributed by atoms with Crippen LogP contribution in [0.3, 0.4) is 0 Å². The summed E-state index contributed by atoms with van der Waals surface area (Å²) in [6.45, 7) is 2.95. The predicted molar refractivity (Wildman–Crippen MR) is 99.6 cm³/mol. The molecule has 4 nitrogen and oxygen atoms in total. The van der Waals surface area contributed by atoms with E-state index < -0.39 is 0 Å². The van der Waals surface area contributed by atoms with E-state index >= 15 is 0 Å². The van der Waals surface area contributed by atoms with Crippen LogP contribution in [-0.2, 0) is 0 Å². The Balaban J connectivity index is 1.57. The van der Waals surface area contributed by atoms with Crippen molar-refractivity contribution in [3.05, 3.63) is 66.4 Å². The monoisotopic (exact) mass is 316 g/mol. The summed E-state index contributed by atoms with van der Waals surface area (Å²) >= 11 is 0. The summed E-state index contributed by atoms with van der Waals surface area (Å²) in [6.07, 6.45) is 0. The fourth-order valence-corrected chi connectivity index (χ4v) is 3.76. The van der Waals surface area contributed by atoms with E-state index in [9.17, 15) is 0 Å². The molecule has 4 heteroatoms. The van der Waals surface area contributed by atoms with Crippen molar-refractivity contribution < 1.29 is 0 Å². The topological polar surface area (TPSA) is 46.9 Å². The third-order valence-electron chi connectivity index (χ3n) is 4.98. The van der Waals surface area contributed by atoms with Gasteiger partial charge < -0.3 is 20.2 Å². The number of rotatable bonds is 2. The number of benzene rings is 2. The molecule has 120 valence electrons. The number of aromatic nitrogens is 2. The van der Waals surface area contributed by atoms with E-state index in [4.69, 9.17) is 0 Å². The summed E-state index contributed by atoms with van der Waals surface area (Å²) in [5.74, 6) is 1.20. The van der Waals surface area contributed by atoms with Crippen LogP contribution in [-0.4, -0.2) is 29.6 Å². The molecule has 1 saturated heterocycles. The Hall–Kier alpha value is -2.72. The molecule has 1 unspecified atom stereocenters. The van der Waals surface area contributed by atoms with Crippen LogP contribution < -0.4 is 10.2 Å². The lowest BCUT2D eigenvalue weighted by Gasteiger charge is -2.36. The van der Waals surface area contributed by atoms with Crippen molar-refractivity contribution in [2.75, 3.05) is 24.5 Å². The van der Waals surface area contributed by atoms with Crippen molar-refractivity contribution in [3.63, 3.8) is 0 Å². The van der Waals surface area contributed by atoms with Gasteiger partial charge >= 0.3 is 0 Å². The summed E-state index contributed by atoms with van der Waals surface area (Å²) in [6, 6.07) is 21.8. The highest BCUT2D eigenvalue weighted by Gasteiger charge is 2.26. The van der Waals surface area contributed by atoms with Crippen molar-refractivity contribution in [3.8, 4) is 0 Å². The average Bonchev–Trinajstić information content (AvgIpc) is 3.25. The quantitative estimate of drug-likeness (QED) is 0.527. The first-order chi connectivity index (χ1) is 11.9. The van der Waals surface area contributed by atoms with Gasteiger partial charge in [-0.25, -0.2) is 0 Å². The zero-order valence-electron chi connectivity index (χ0n) is 13.4. The van der Waals surface area contributed by atoms with E-state index in [0.717, 1.165) is 19.6 Å². The van der Waals surface area contributed by atoms with Gasteiger partial charge in [-0.2, -0.15) is 0 Å². The smallest absolute Gasteiger partial charge is 0.107 e. The van der Waals surface area contributed by atoms with Gasteiger partial charge in [0.2, 0.25) is 0 Å². The van der Waals surface area contributed by atoms with Gasteiger partial charge in [0, 0.05) is 41.7 Å². The second kappa shape index (κ2) is 5.42. The number of anilines is 1. The van der Waals surface area contributed by atoms with Crippen LogP contribution in [0.15, 0.2) is 60.7 Å². The number of para-hydroxylation sites is 2. The highest BCUT2D eigenvalue weighted by Crippen LogP contribution is 2.31. The van der Waals surface area contributed by atoms with Crippen LogP contribution in [0.1, 0.15) is 11.7 Å². The van der Waals surface area contributed by atoms with Gasteiger partial charge in [-0.05, 0) is 29.7 Å². The van der Waals surface area contributed by atoms with Crippen molar-refractivity contribution in [1.29, 1.82) is 0 Å². The summed E-state index contributed by atoms with van der Waals surface area (Å²) < 4.78 is 0. The molecular formula is C20H20N4. The highest BCUT2D eigenvalue weighted by atomic mass is 15.3. The zero-order valence-corrected chi connectivity index (χ0v) is 13.4. The number of H-pyrrole nitrogens is 2. The normalized spacial score (nSPS) is 18.5. The third kappa shape index (κ3) is 2.19. The van der Waals surface area contributed by atoms with Crippen LogP contribution in [0.2, 0.25) is 0 Å². The first kappa shape index (κ1) is 13.7. The Bertz CT molecular complexity index is 849. The van der Waals surface area contributed by atoms with Crippen LogP contribution in [0.5, 0.6) is 0 Å². The molecule has 1 aliphatic rings. The Morgan fingerprint density at radius 1 is 0.833 bits per heavy atom. The Kier molecular flexibility index (Phi) is 3.10. The lowest BCUT2D eigenvalue weighted by molar-refractivity contribution is 0.481. The van der Waals surface area contributed by atoms with E-state index in [1.165, 1.54) is 33.3 Å². The first-order valence-corrected chi connectivity index (χ1v) is 8.51. The molecule has 3 N–H and O–H groups in total. The van der Waals surface area contributed by atoms with Gasteiger partial charge in [-0.1, -0.05) is 36.4 Å². The number of hydrogen-bond donors (Lipinski definition) is 3. The highest BCUT2D eigenvalue weighted by molar-refractivity contribution is 5.84. The molecule has 2 aromatic heterocycles. The molecule has 2 aromatic carbocycles. The van der Waals surface area contributed by atoms with Crippen LogP contribution >= 0.6 is 0 Å². The maximum atomic E-state index is 3.60. The number of hydrogen-bond acceptors (Lipinski definition) is 2. The molecule has 0 saturated carbocycles. The molecule has 3 heterocycles. The SMILES string of the molecule is c1ccc2[nH]c(C3CNCCN3c3cc4ccccc4[nH]3)cc2c1. The summed E-state index contributed by atoms with van der Waals surface area (Å²) in [4.78, 5) is 9.66. The van der Waals surface area contributed by atoms with Crippen molar-refractivity contribution in [2.45, 2.75) is 6.04 Å². The number of nitrogens with one attached hydrogen (secondary N) is 3. The second-order valence-corrected chi connectivity index (χ2v) is 6.47. The second-order valence-electron chi connectivity index (χ2n) is 6.47. The number of piperazine rings is 1. The minimum Gasteiger partial charge on any atom is -0.357 e. The molecule has 1 fully saturated rings.